The Labute approximate surface area is 173 Å². The van der Waals surface area contributed by atoms with E-state index in [1.165, 1.54) is 11.8 Å². The van der Waals surface area contributed by atoms with Crippen molar-refractivity contribution in [1.82, 2.24) is 19.7 Å². The number of halogens is 1. The molecule has 0 unspecified atom stereocenters. The number of carbonyl (C=O) groups is 1. The van der Waals surface area contributed by atoms with Gasteiger partial charge in [0.2, 0.25) is 5.91 Å². The van der Waals surface area contributed by atoms with Crippen LogP contribution >= 0.6 is 23.4 Å². The maximum Gasteiger partial charge on any atom is 0.234 e. The highest BCUT2D eigenvalue weighted by Gasteiger charge is 2.16. The summed E-state index contributed by atoms with van der Waals surface area (Å²) in [6, 6.07) is 7.64. The van der Waals surface area contributed by atoms with Crippen LogP contribution in [0.3, 0.4) is 0 Å². The fourth-order valence-electron chi connectivity index (χ4n) is 2.91. The molecule has 0 fully saturated rings. The molecule has 0 aliphatic heterocycles. The first-order chi connectivity index (χ1) is 13.5. The van der Waals surface area contributed by atoms with Gasteiger partial charge in [-0.3, -0.25) is 9.78 Å². The minimum Gasteiger partial charge on any atom is -0.324 e. The summed E-state index contributed by atoms with van der Waals surface area (Å²) in [6.45, 7) is 6.78. The molecule has 8 heteroatoms. The van der Waals surface area contributed by atoms with E-state index in [0.29, 0.717) is 10.7 Å². The van der Waals surface area contributed by atoms with E-state index < -0.39 is 0 Å². The lowest BCUT2D eigenvalue weighted by molar-refractivity contribution is -0.113. The van der Waals surface area contributed by atoms with Crippen LogP contribution in [0, 0.1) is 13.8 Å². The Morgan fingerprint density at radius 3 is 2.64 bits per heavy atom. The van der Waals surface area contributed by atoms with Crippen molar-refractivity contribution in [3.63, 3.8) is 0 Å². The summed E-state index contributed by atoms with van der Waals surface area (Å²) in [6.07, 6.45) is 4.40. The Bertz CT molecular complexity index is 951. The topological polar surface area (TPSA) is 72.7 Å². The summed E-state index contributed by atoms with van der Waals surface area (Å²) in [5.74, 6) is 0.877. The number of pyridine rings is 1. The Hall–Kier alpha value is -2.38. The van der Waals surface area contributed by atoms with E-state index in [4.69, 9.17) is 11.6 Å². The lowest BCUT2D eigenvalue weighted by Gasteiger charge is -2.12. The lowest BCUT2D eigenvalue weighted by atomic mass is 10.1. The second kappa shape index (κ2) is 9.21. The molecule has 0 aliphatic rings. The van der Waals surface area contributed by atoms with Crippen molar-refractivity contribution < 1.29 is 4.79 Å². The van der Waals surface area contributed by atoms with Crippen LogP contribution in [0.4, 0.5) is 5.69 Å². The molecule has 0 spiro atoms. The van der Waals surface area contributed by atoms with Gasteiger partial charge in [-0.25, -0.2) is 0 Å². The molecule has 2 aromatic heterocycles. The third kappa shape index (κ3) is 4.72. The van der Waals surface area contributed by atoms with Gasteiger partial charge in [0.1, 0.15) is 0 Å². The fraction of sp³-hybridized carbons (Fsp3) is 0.300. The molecule has 6 nitrogen and oxygen atoms in total. The molecule has 3 aromatic rings. The second-order valence-electron chi connectivity index (χ2n) is 6.47. The molecule has 0 saturated carbocycles. The number of nitrogens with zero attached hydrogens (tertiary/aromatic N) is 4. The molecule has 2 heterocycles. The number of hydrogen-bond acceptors (Lipinski definition) is 5. The number of hydrogen-bond donors (Lipinski definition) is 1. The van der Waals surface area contributed by atoms with Crippen LogP contribution in [0.25, 0.3) is 11.4 Å². The van der Waals surface area contributed by atoms with Gasteiger partial charge in [-0.2, -0.15) is 0 Å². The molecule has 28 heavy (non-hydrogen) atoms. The van der Waals surface area contributed by atoms with Gasteiger partial charge < -0.3 is 9.88 Å². The molecule has 0 atom stereocenters. The van der Waals surface area contributed by atoms with E-state index in [-0.39, 0.29) is 11.7 Å². The van der Waals surface area contributed by atoms with E-state index >= 15 is 0 Å². The van der Waals surface area contributed by atoms with Crippen LogP contribution in [-0.4, -0.2) is 31.4 Å². The molecule has 1 amide bonds. The van der Waals surface area contributed by atoms with Crippen LogP contribution < -0.4 is 5.32 Å². The van der Waals surface area contributed by atoms with E-state index in [9.17, 15) is 4.79 Å². The van der Waals surface area contributed by atoms with Crippen molar-refractivity contribution >= 4 is 35.0 Å². The number of rotatable bonds is 7. The van der Waals surface area contributed by atoms with Gasteiger partial charge in [0.15, 0.2) is 11.0 Å². The van der Waals surface area contributed by atoms with E-state index in [1.54, 1.807) is 12.4 Å². The van der Waals surface area contributed by atoms with Crippen LogP contribution in [0.1, 0.15) is 24.5 Å². The number of aryl methyl sites for hydroxylation is 2. The van der Waals surface area contributed by atoms with Gasteiger partial charge in [0.25, 0.3) is 0 Å². The van der Waals surface area contributed by atoms with Crippen LogP contribution in [0.15, 0.2) is 41.8 Å². The number of anilines is 1. The first-order valence-electron chi connectivity index (χ1n) is 9.02. The summed E-state index contributed by atoms with van der Waals surface area (Å²) < 4.78 is 2.04. The highest BCUT2D eigenvalue weighted by atomic mass is 35.5. The van der Waals surface area contributed by atoms with Crippen molar-refractivity contribution in [1.29, 1.82) is 0 Å². The molecular weight excluding hydrogens is 394 g/mol. The number of amides is 1. The van der Waals surface area contributed by atoms with Crippen molar-refractivity contribution in [3.8, 4) is 11.4 Å². The maximum absolute atomic E-state index is 12.5. The van der Waals surface area contributed by atoms with Crippen molar-refractivity contribution in [3.05, 3.63) is 52.8 Å². The standard InChI is InChI=1S/C20H22ClN5OS/c1-4-9-26-19(15-5-7-22-8-6-15)24-25-20(26)28-12-17(27)23-18-14(3)10-13(2)11-16(18)21/h5-8,10-11H,4,9,12H2,1-3H3,(H,23,27). The summed E-state index contributed by atoms with van der Waals surface area (Å²) in [4.78, 5) is 16.5. The zero-order valence-corrected chi connectivity index (χ0v) is 17.6. The van der Waals surface area contributed by atoms with Gasteiger partial charge in [-0.1, -0.05) is 36.4 Å². The summed E-state index contributed by atoms with van der Waals surface area (Å²) >= 11 is 7.64. The Morgan fingerprint density at radius 2 is 1.96 bits per heavy atom. The third-order valence-corrected chi connectivity index (χ3v) is 5.40. The molecule has 0 radical (unpaired) electrons. The minimum atomic E-state index is -0.129. The summed E-state index contributed by atoms with van der Waals surface area (Å²) in [7, 11) is 0. The predicted molar refractivity (Wildman–Crippen MR) is 114 cm³/mol. The first kappa shape index (κ1) is 20.4. The SMILES string of the molecule is CCCn1c(SCC(=O)Nc2c(C)cc(C)cc2Cl)nnc1-c1ccncc1. The Kier molecular flexibility index (Phi) is 6.70. The van der Waals surface area contributed by atoms with Crippen molar-refractivity contribution in [2.75, 3.05) is 11.1 Å². The monoisotopic (exact) mass is 415 g/mol. The average molecular weight is 416 g/mol. The molecule has 146 valence electrons. The second-order valence-corrected chi connectivity index (χ2v) is 7.82. The highest BCUT2D eigenvalue weighted by Crippen LogP contribution is 2.28. The van der Waals surface area contributed by atoms with Crippen LogP contribution in [0.5, 0.6) is 0 Å². The first-order valence-corrected chi connectivity index (χ1v) is 10.4. The van der Waals surface area contributed by atoms with Gasteiger partial charge in [0.05, 0.1) is 16.5 Å². The predicted octanol–water partition coefficient (Wildman–Crippen LogP) is 4.75. The minimum absolute atomic E-state index is 0.129. The molecule has 0 bridgehead atoms. The number of aromatic nitrogens is 4. The average Bonchev–Trinajstić information content (AvgIpc) is 3.07. The van der Waals surface area contributed by atoms with Crippen LogP contribution in [-0.2, 0) is 11.3 Å². The van der Waals surface area contributed by atoms with E-state index in [0.717, 1.165) is 40.6 Å². The Morgan fingerprint density at radius 1 is 1.21 bits per heavy atom. The summed E-state index contributed by atoms with van der Waals surface area (Å²) in [5, 5.41) is 12.8. The number of nitrogens with one attached hydrogen (secondary N) is 1. The highest BCUT2D eigenvalue weighted by molar-refractivity contribution is 7.99. The molecule has 3 rings (SSSR count). The maximum atomic E-state index is 12.5. The number of thioether (sulfide) groups is 1. The van der Waals surface area contributed by atoms with Crippen molar-refractivity contribution in [2.45, 2.75) is 38.9 Å². The summed E-state index contributed by atoms with van der Waals surface area (Å²) in [5.41, 5.74) is 3.61. The van der Waals surface area contributed by atoms with Gasteiger partial charge in [0, 0.05) is 24.5 Å². The molecular formula is C20H22ClN5OS. The fourth-order valence-corrected chi connectivity index (χ4v) is 4.05. The lowest BCUT2D eigenvalue weighted by Crippen LogP contribution is -2.16. The Balaban J connectivity index is 1.72. The largest absolute Gasteiger partial charge is 0.324 e. The normalized spacial score (nSPS) is 10.9. The smallest absolute Gasteiger partial charge is 0.234 e. The van der Waals surface area contributed by atoms with Gasteiger partial charge >= 0.3 is 0 Å². The molecule has 0 aliphatic carbocycles. The number of carbonyl (C=O) groups excluding carboxylic acids is 1. The van der Waals surface area contributed by atoms with Gasteiger partial charge in [-0.15, -0.1) is 10.2 Å². The van der Waals surface area contributed by atoms with Crippen LogP contribution in [0.2, 0.25) is 5.02 Å². The zero-order valence-electron chi connectivity index (χ0n) is 16.1. The third-order valence-electron chi connectivity index (χ3n) is 4.13. The van der Waals surface area contributed by atoms with E-state index in [1.807, 2.05) is 42.7 Å². The number of benzene rings is 1. The zero-order chi connectivity index (χ0) is 20.1. The van der Waals surface area contributed by atoms with E-state index in [2.05, 4.69) is 27.4 Å². The molecule has 0 saturated heterocycles. The molecule has 1 aromatic carbocycles. The quantitative estimate of drug-likeness (QED) is 0.563. The van der Waals surface area contributed by atoms with Crippen molar-refractivity contribution in [2.24, 2.45) is 0 Å². The molecule has 1 N–H and O–H groups in total. The van der Waals surface area contributed by atoms with Gasteiger partial charge in [-0.05, 0) is 49.6 Å².